The minimum absolute atomic E-state index is 0.130. The van der Waals surface area contributed by atoms with Crippen LogP contribution < -0.4 is 4.74 Å². The molecule has 0 atom stereocenters. The van der Waals surface area contributed by atoms with Crippen LogP contribution in [0, 0.1) is 15.9 Å². The molecule has 0 N–H and O–H groups in total. The number of ether oxygens (including phenoxy) is 2. The first-order chi connectivity index (χ1) is 10.0. The van der Waals surface area contributed by atoms with Crippen molar-refractivity contribution in [3.8, 4) is 11.8 Å². The molecule has 0 saturated heterocycles. The summed E-state index contributed by atoms with van der Waals surface area (Å²) in [4.78, 5) is 24.7. The number of hydrogen-bond donors (Lipinski definition) is 0. The largest absolute Gasteiger partial charge is 0.461 e. The number of nitro groups is 1. The molecule has 0 saturated carbocycles. The number of aromatic nitrogens is 1. The molecule has 0 aliphatic heterocycles. The van der Waals surface area contributed by atoms with Crippen LogP contribution in [0.25, 0.3) is 0 Å². The molecular formula is C12H9FN2O6. The number of esters is 1. The minimum atomic E-state index is -0.958. The summed E-state index contributed by atoms with van der Waals surface area (Å²) >= 11 is 0. The third kappa shape index (κ3) is 3.32. The standard InChI is InChI=1S/C12H9FN2O6/c1-2-19-11(16)9-6-20-12(14-9)21-10-4-3-7(15(17)18)5-8(10)13/h3-6H,2H2,1H3. The van der Waals surface area contributed by atoms with Crippen LogP contribution in [0.1, 0.15) is 17.4 Å². The number of rotatable bonds is 5. The fourth-order valence-corrected chi connectivity index (χ4v) is 1.38. The molecule has 0 fully saturated rings. The van der Waals surface area contributed by atoms with Gasteiger partial charge in [-0.15, -0.1) is 0 Å². The number of nitro benzene ring substituents is 1. The van der Waals surface area contributed by atoms with E-state index in [4.69, 9.17) is 13.9 Å². The first-order valence-corrected chi connectivity index (χ1v) is 5.75. The van der Waals surface area contributed by atoms with Crippen LogP contribution in [-0.4, -0.2) is 22.5 Å². The third-order valence-corrected chi connectivity index (χ3v) is 2.29. The Balaban J connectivity index is 2.15. The molecule has 1 aromatic heterocycles. The number of benzene rings is 1. The molecule has 0 radical (unpaired) electrons. The molecule has 8 nitrogen and oxygen atoms in total. The monoisotopic (exact) mass is 296 g/mol. The second-order valence-corrected chi connectivity index (χ2v) is 3.69. The lowest BCUT2D eigenvalue weighted by molar-refractivity contribution is -0.385. The average Bonchev–Trinajstić information content (AvgIpc) is 2.90. The number of hydrogen-bond acceptors (Lipinski definition) is 7. The summed E-state index contributed by atoms with van der Waals surface area (Å²) in [7, 11) is 0. The van der Waals surface area contributed by atoms with Gasteiger partial charge in [-0.1, -0.05) is 0 Å². The first-order valence-electron chi connectivity index (χ1n) is 5.75. The molecule has 0 unspecified atom stereocenters. The van der Waals surface area contributed by atoms with Gasteiger partial charge in [-0.25, -0.2) is 9.18 Å². The van der Waals surface area contributed by atoms with Crippen LogP contribution in [0.4, 0.5) is 10.1 Å². The smallest absolute Gasteiger partial charge is 0.400 e. The quantitative estimate of drug-likeness (QED) is 0.474. The van der Waals surface area contributed by atoms with Crippen LogP contribution >= 0.6 is 0 Å². The zero-order valence-electron chi connectivity index (χ0n) is 10.7. The molecule has 21 heavy (non-hydrogen) atoms. The van der Waals surface area contributed by atoms with Crippen molar-refractivity contribution in [2.75, 3.05) is 6.61 Å². The number of halogens is 1. The second kappa shape index (κ2) is 5.99. The molecule has 1 heterocycles. The predicted octanol–water partition coefficient (Wildman–Crippen LogP) is 2.69. The van der Waals surface area contributed by atoms with Gasteiger partial charge >= 0.3 is 12.0 Å². The van der Waals surface area contributed by atoms with Crippen LogP contribution in [0.3, 0.4) is 0 Å². The molecule has 0 aliphatic carbocycles. The predicted molar refractivity (Wildman–Crippen MR) is 65.6 cm³/mol. The highest BCUT2D eigenvalue weighted by molar-refractivity contribution is 5.86. The summed E-state index contributed by atoms with van der Waals surface area (Å²) < 4.78 is 28.1. The lowest BCUT2D eigenvalue weighted by Crippen LogP contribution is -2.04. The summed E-state index contributed by atoms with van der Waals surface area (Å²) in [6, 6.07) is 2.82. The van der Waals surface area contributed by atoms with E-state index in [-0.39, 0.29) is 24.1 Å². The Labute approximate surface area is 117 Å². The van der Waals surface area contributed by atoms with Crippen molar-refractivity contribution < 1.29 is 28.0 Å². The van der Waals surface area contributed by atoms with E-state index < -0.39 is 22.4 Å². The number of carbonyl (C=O) groups is 1. The normalized spacial score (nSPS) is 10.2. The molecular weight excluding hydrogens is 287 g/mol. The summed E-state index contributed by atoms with van der Waals surface area (Å²) in [5.74, 6) is -1.99. The van der Waals surface area contributed by atoms with Gasteiger partial charge in [-0.3, -0.25) is 10.1 Å². The van der Waals surface area contributed by atoms with Gasteiger partial charge in [0.25, 0.3) is 5.69 Å². The Morgan fingerprint density at radius 1 is 1.52 bits per heavy atom. The van der Waals surface area contributed by atoms with Crippen molar-refractivity contribution in [1.82, 2.24) is 4.98 Å². The van der Waals surface area contributed by atoms with E-state index >= 15 is 0 Å². The number of non-ortho nitro benzene ring substituents is 1. The van der Waals surface area contributed by atoms with E-state index in [2.05, 4.69) is 4.98 Å². The van der Waals surface area contributed by atoms with Gasteiger partial charge < -0.3 is 13.9 Å². The van der Waals surface area contributed by atoms with Gasteiger partial charge in [0, 0.05) is 6.07 Å². The van der Waals surface area contributed by atoms with Crippen molar-refractivity contribution in [3.05, 3.63) is 46.1 Å². The van der Waals surface area contributed by atoms with Crippen molar-refractivity contribution in [2.24, 2.45) is 0 Å². The fourth-order valence-electron chi connectivity index (χ4n) is 1.38. The molecule has 0 aliphatic rings. The second-order valence-electron chi connectivity index (χ2n) is 3.69. The fraction of sp³-hybridized carbons (Fsp3) is 0.167. The summed E-state index contributed by atoms with van der Waals surface area (Å²) in [5.41, 5.74) is -0.548. The van der Waals surface area contributed by atoms with Gasteiger partial charge in [0.1, 0.15) is 6.26 Å². The molecule has 0 bridgehead atoms. The number of carbonyl (C=O) groups excluding carboxylic acids is 1. The highest BCUT2D eigenvalue weighted by Crippen LogP contribution is 2.27. The lowest BCUT2D eigenvalue weighted by Gasteiger charge is -2.01. The number of nitrogens with zero attached hydrogens (tertiary/aromatic N) is 2. The van der Waals surface area contributed by atoms with Crippen LogP contribution in [0.15, 0.2) is 28.9 Å². The van der Waals surface area contributed by atoms with E-state index in [0.717, 1.165) is 18.4 Å². The molecule has 110 valence electrons. The topological polar surface area (TPSA) is 105 Å². The van der Waals surface area contributed by atoms with Crippen LogP contribution in [0.2, 0.25) is 0 Å². The highest BCUT2D eigenvalue weighted by Gasteiger charge is 2.17. The van der Waals surface area contributed by atoms with Gasteiger partial charge in [-0.05, 0) is 13.0 Å². The Morgan fingerprint density at radius 3 is 2.90 bits per heavy atom. The molecule has 1 aromatic carbocycles. The lowest BCUT2D eigenvalue weighted by atomic mass is 10.3. The Morgan fingerprint density at radius 2 is 2.29 bits per heavy atom. The molecule has 9 heteroatoms. The van der Waals surface area contributed by atoms with Gasteiger partial charge in [0.15, 0.2) is 17.3 Å². The van der Waals surface area contributed by atoms with Gasteiger partial charge in [0.05, 0.1) is 17.6 Å². The Kier molecular flexibility index (Phi) is 4.12. The summed E-state index contributed by atoms with van der Waals surface area (Å²) in [6.45, 7) is 1.79. The highest BCUT2D eigenvalue weighted by atomic mass is 19.1. The Bertz CT molecular complexity index is 684. The van der Waals surface area contributed by atoms with E-state index in [1.807, 2.05) is 0 Å². The van der Waals surface area contributed by atoms with Gasteiger partial charge in [-0.2, -0.15) is 4.98 Å². The maximum Gasteiger partial charge on any atom is 0.400 e. The van der Waals surface area contributed by atoms with Crippen molar-refractivity contribution >= 4 is 11.7 Å². The summed E-state index contributed by atoms with van der Waals surface area (Å²) in [6.07, 6.45) is 0.613. The van der Waals surface area contributed by atoms with Crippen molar-refractivity contribution in [3.63, 3.8) is 0 Å². The first kappa shape index (κ1) is 14.4. The Hall–Kier alpha value is -2.97. The van der Waals surface area contributed by atoms with Crippen LogP contribution in [0.5, 0.6) is 11.8 Å². The maximum atomic E-state index is 13.6. The molecule has 0 spiro atoms. The molecule has 2 aromatic rings. The minimum Gasteiger partial charge on any atom is -0.461 e. The molecule has 2 rings (SSSR count). The van der Waals surface area contributed by atoms with E-state index in [0.29, 0.717) is 6.07 Å². The van der Waals surface area contributed by atoms with Crippen molar-refractivity contribution in [2.45, 2.75) is 6.92 Å². The number of oxazole rings is 1. The van der Waals surface area contributed by atoms with E-state index in [1.165, 1.54) is 0 Å². The third-order valence-electron chi connectivity index (χ3n) is 2.29. The molecule has 0 amide bonds. The van der Waals surface area contributed by atoms with Crippen molar-refractivity contribution in [1.29, 1.82) is 0 Å². The summed E-state index contributed by atoms with van der Waals surface area (Å²) in [5, 5.41) is 10.5. The maximum absolute atomic E-state index is 13.6. The zero-order valence-corrected chi connectivity index (χ0v) is 10.7. The van der Waals surface area contributed by atoms with Crippen LogP contribution in [-0.2, 0) is 4.74 Å². The SMILES string of the molecule is CCOC(=O)c1coc(Oc2ccc([N+](=O)[O-])cc2F)n1. The van der Waals surface area contributed by atoms with E-state index in [9.17, 15) is 19.3 Å². The van der Waals surface area contributed by atoms with Gasteiger partial charge in [0.2, 0.25) is 0 Å². The zero-order chi connectivity index (χ0) is 15.4. The van der Waals surface area contributed by atoms with E-state index in [1.54, 1.807) is 6.92 Å². The average molecular weight is 296 g/mol.